The molecule has 0 saturated carbocycles. The van der Waals surface area contributed by atoms with Crippen LogP contribution in [-0.4, -0.2) is 43.7 Å². The summed E-state index contributed by atoms with van der Waals surface area (Å²) in [6.45, 7) is 4.54. The maximum Gasteiger partial charge on any atom is 0.412 e. The van der Waals surface area contributed by atoms with Crippen LogP contribution >= 0.6 is 23.1 Å². The lowest BCUT2D eigenvalue weighted by molar-refractivity contribution is 0.0635. The summed E-state index contributed by atoms with van der Waals surface area (Å²) in [5, 5.41) is 2.69. The summed E-state index contributed by atoms with van der Waals surface area (Å²) >= 11 is 6.64. The van der Waals surface area contributed by atoms with Crippen LogP contribution in [0.1, 0.15) is 26.3 Å². The summed E-state index contributed by atoms with van der Waals surface area (Å²) in [5.41, 5.74) is -1.11. The van der Waals surface area contributed by atoms with Crippen LogP contribution in [0, 0.1) is 11.6 Å². The molecule has 234 valence electrons. The summed E-state index contributed by atoms with van der Waals surface area (Å²) in [6.07, 6.45) is 0.199. The van der Waals surface area contributed by atoms with Gasteiger partial charge in [-0.1, -0.05) is 11.6 Å². The molecule has 1 amide bonds. The number of benzene rings is 3. The average Bonchev–Trinajstić information content (AvgIpc) is 3.50. The quantitative estimate of drug-likeness (QED) is 0.189. The van der Waals surface area contributed by atoms with E-state index in [-0.39, 0.29) is 22.2 Å². The minimum atomic E-state index is -4.53. The fourth-order valence-corrected chi connectivity index (χ4v) is 6.12. The van der Waals surface area contributed by atoms with Crippen LogP contribution in [0.4, 0.5) is 25.0 Å². The molecule has 1 heterocycles. The number of hydrogen-bond donors (Lipinski definition) is 1. The minimum absolute atomic E-state index is 0.0164. The fourth-order valence-electron chi connectivity index (χ4n) is 3.82. The second kappa shape index (κ2) is 13.2. The van der Waals surface area contributed by atoms with Crippen molar-refractivity contribution in [2.45, 2.75) is 37.3 Å². The van der Waals surface area contributed by atoms with Crippen molar-refractivity contribution in [2.24, 2.45) is 0 Å². The largest absolute Gasteiger partial charge is 0.497 e. The van der Waals surface area contributed by atoms with Crippen molar-refractivity contribution in [1.82, 2.24) is 9.36 Å². The topological polar surface area (TPSA) is 129 Å². The van der Waals surface area contributed by atoms with E-state index in [0.29, 0.717) is 39.3 Å². The molecule has 0 aliphatic heterocycles. The first-order valence-corrected chi connectivity index (χ1v) is 15.3. The van der Waals surface area contributed by atoms with Crippen LogP contribution in [0.25, 0.3) is 0 Å². The predicted octanol–water partition coefficient (Wildman–Crippen LogP) is 7.02. The first-order valence-electron chi connectivity index (χ1n) is 12.7. The lowest BCUT2D eigenvalue weighted by Gasteiger charge is -2.25. The third kappa shape index (κ3) is 7.65. The summed E-state index contributed by atoms with van der Waals surface area (Å²) in [5.74, 6) is -2.26. The highest BCUT2D eigenvalue weighted by Crippen LogP contribution is 2.38. The molecule has 0 aliphatic carbocycles. The molecule has 44 heavy (non-hydrogen) atoms. The number of hydrogen-bond acceptors (Lipinski definition) is 10. The van der Waals surface area contributed by atoms with Gasteiger partial charge in [0.2, 0.25) is 4.34 Å². The van der Waals surface area contributed by atoms with Gasteiger partial charge in [0.15, 0.2) is 23.1 Å². The highest BCUT2D eigenvalue weighted by atomic mass is 35.5. The van der Waals surface area contributed by atoms with Gasteiger partial charge in [0.25, 0.3) is 10.0 Å². The number of carbonyl (C=O) groups excluding carboxylic acids is 1. The first kappa shape index (κ1) is 32.7. The van der Waals surface area contributed by atoms with Crippen molar-refractivity contribution in [1.29, 1.82) is 0 Å². The summed E-state index contributed by atoms with van der Waals surface area (Å²) in [7, 11) is -1.71. The Labute approximate surface area is 261 Å². The molecule has 0 atom stereocenters. The third-order valence-electron chi connectivity index (χ3n) is 5.73. The lowest BCUT2D eigenvalue weighted by Crippen LogP contribution is -2.31. The van der Waals surface area contributed by atoms with Crippen molar-refractivity contribution in [3.05, 3.63) is 77.1 Å². The number of carbonyl (C=O) groups is 1. The number of nitrogens with zero attached hydrogens (tertiary/aromatic N) is 3. The number of nitrogens with one attached hydrogen (secondary N) is 1. The van der Waals surface area contributed by atoms with Gasteiger partial charge in [-0.3, -0.25) is 9.62 Å². The third-order valence-corrected chi connectivity index (χ3v) is 8.73. The normalized spacial score (nSPS) is 11.5. The Bertz CT molecular complexity index is 1770. The Balaban J connectivity index is 1.74. The van der Waals surface area contributed by atoms with E-state index in [0.717, 1.165) is 6.33 Å². The van der Waals surface area contributed by atoms with Gasteiger partial charge < -0.3 is 18.9 Å². The first-order chi connectivity index (χ1) is 20.7. The molecule has 4 rings (SSSR count). The van der Waals surface area contributed by atoms with Crippen LogP contribution < -0.4 is 23.8 Å². The van der Waals surface area contributed by atoms with E-state index in [1.165, 1.54) is 44.6 Å². The molecule has 0 radical (unpaired) electrons. The lowest BCUT2D eigenvalue weighted by atomic mass is 10.1. The van der Waals surface area contributed by atoms with E-state index < -0.39 is 55.7 Å². The number of sulfonamides is 1. The molecule has 0 unspecified atom stereocenters. The van der Waals surface area contributed by atoms with E-state index in [4.69, 9.17) is 30.5 Å². The monoisotopic (exact) mass is 668 g/mol. The molecular formula is C28H27ClF2N4O7S2. The second-order valence-corrected chi connectivity index (χ2v) is 13.3. The SMILES string of the molecule is COc1ccc(CN(c2cc(F)c(Oc3ccc(Cl)cc3NC(=O)OC(C)(C)C)cc2F)S(=O)(=O)c2ncns2)c(OC)c1. The van der Waals surface area contributed by atoms with Gasteiger partial charge in [-0.2, -0.15) is 12.8 Å². The Morgan fingerprint density at radius 1 is 1.00 bits per heavy atom. The smallest absolute Gasteiger partial charge is 0.412 e. The zero-order chi connectivity index (χ0) is 32.2. The number of rotatable bonds is 10. The van der Waals surface area contributed by atoms with Crippen molar-refractivity contribution in [3.63, 3.8) is 0 Å². The molecule has 0 bridgehead atoms. The molecule has 11 nitrogen and oxygen atoms in total. The Hall–Kier alpha value is -4.21. The Morgan fingerprint density at radius 3 is 2.39 bits per heavy atom. The molecule has 1 N–H and O–H groups in total. The highest BCUT2D eigenvalue weighted by Gasteiger charge is 2.32. The van der Waals surface area contributed by atoms with E-state index >= 15 is 8.78 Å². The van der Waals surface area contributed by atoms with Crippen molar-refractivity contribution in [3.8, 4) is 23.0 Å². The fraction of sp³-hybridized carbons (Fsp3) is 0.250. The van der Waals surface area contributed by atoms with Gasteiger partial charge >= 0.3 is 6.09 Å². The van der Waals surface area contributed by atoms with Crippen LogP contribution in [0.3, 0.4) is 0 Å². The highest BCUT2D eigenvalue weighted by molar-refractivity contribution is 7.94. The number of methoxy groups -OCH3 is 2. The van der Waals surface area contributed by atoms with Gasteiger partial charge in [-0.15, -0.1) is 0 Å². The summed E-state index contributed by atoms with van der Waals surface area (Å²) in [4.78, 5) is 16.1. The van der Waals surface area contributed by atoms with Gasteiger partial charge in [0, 0.05) is 28.8 Å². The summed E-state index contributed by atoms with van der Waals surface area (Å²) in [6, 6.07) is 10.1. The van der Waals surface area contributed by atoms with Crippen LogP contribution in [0.2, 0.25) is 5.02 Å². The number of amides is 1. The van der Waals surface area contributed by atoms with Gasteiger partial charge in [0.05, 0.1) is 32.1 Å². The van der Waals surface area contributed by atoms with Gasteiger partial charge in [0.1, 0.15) is 23.4 Å². The minimum Gasteiger partial charge on any atom is -0.497 e. The number of ether oxygens (including phenoxy) is 4. The molecule has 4 aromatic rings. The van der Waals surface area contributed by atoms with Crippen LogP contribution in [0.15, 0.2) is 59.2 Å². The van der Waals surface area contributed by atoms with E-state index in [2.05, 4.69) is 14.7 Å². The molecule has 1 aromatic heterocycles. The number of halogens is 3. The summed E-state index contributed by atoms with van der Waals surface area (Å²) < 4.78 is 84.0. The van der Waals surface area contributed by atoms with Gasteiger partial charge in [-0.05, 0) is 62.6 Å². The van der Waals surface area contributed by atoms with Crippen molar-refractivity contribution < 1.29 is 40.9 Å². The molecule has 0 aliphatic rings. The van der Waals surface area contributed by atoms with Crippen LogP contribution in [-0.2, 0) is 21.3 Å². The predicted molar refractivity (Wildman–Crippen MR) is 161 cm³/mol. The molecule has 0 spiro atoms. The molecule has 0 fully saturated rings. The average molecular weight is 669 g/mol. The van der Waals surface area contributed by atoms with E-state index in [9.17, 15) is 13.2 Å². The standard InChI is InChI=1S/C28H27ClF2N4O7S2/c1-28(2,3)42-26(36)34-21-10-17(29)7-9-23(21)41-25-13-19(30)22(12-20(25)31)35(44(37,38)27-32-15-33-43-27)14-16-6-8-18(39-4)11-24(16)40-5/h6-13,15H,14H2,1-5H3,(H,34,36). The van der Waals surface area contributed by atoms with E-state index in [1.54, 1.807) is 26.8 Å². The van der Waals surface area contributed by atoms with Crippen LogP contribution in [0.5, 0.6) is 23.0 Å². The molecule has 0 saturated heterocycles. The van der Waals surface area contributed by atoms with Crippen molar-refractivity contribution >= 4 is 50.6 Å². The zero-order valence-corrected chi connectivity index (χ0v) is 26.4. The maximum atomic E-state index is 15.8. The molecule has 3 aromatic carbocycles. The molecular weight excluding hydrogens is 642 g/mol. The number of anilines is 2. The Morgan fingerprint density at radius 2 is 1.75 bits per heavy atom. The van der Waals surface area contributed by atoms with Crippen molar-refractivity contribution in [2.75, 3.05) is 23.8 Å². The van der Waals surface area contributed by atoms with E-state index in [1.807, 2.05) is 0 Å². The zero-order valence-electron chi connectivity index (χ0n) is 24.1. The number of aromatic nitrogens is 2. The second-order valence-electron chi connectivity index (χ2n) is 10.0. The maximum absolute atomic E-state index is 15.8. The van der Waals surface area contributed by atoms with Gasteiger partial charge in [-0.25, -0.2) is 18.6 Å². The molecule has 16 heteroatoms. The Kier molecular flexibility index (Phi) is 9.81.